The molecular weight excluding hydrogens is 371 g/mol. The van der Waals surface area contributed by atoms with Gasteiger partial charge in [0, 0.05) is 29.2 Å². The Morgan fingerprint density at radius 3 is 2.58 bits per heavy atom. The second-order valence-electron chi connectivity index (χ2n) is 6.39. The maximum absolute atomic E-state index is 12.4. The van der Waals surface area contributed by atoms with Crippen LogP contribution in [0.3, 0.4) is 0 Å². The molecule has 138 valence electrons. The van der Waals surface area contributed by atoms with Crippen molar-refractivity contribution in [2.45, 2.75) is 12.8 Å². The Hall–Kier alpha value is -1.75. The zero-order valence-corrected chi connectivity index (χ0v) is 16.0. The lowest BCUT2D eigenvalue weighted by Crippen LogP contribution is -2.39. The number of rotatable bonds is 6. The molecule has 1 N–H and O–H groups in total. The Balaban J connectivity index is 1.39. The molecule has 0 aliphatic carbocycles. The zero-order chi connectivity index (χ0) is 18.4. The molecule has 0 spiro atoms. The minimum atomic E-state index is 0.0646. The van der Waals surface area contributed by atoms with Crippen molar-refractivity contribution < 1.29 is 9.53 Å². The molecule has 1 amide bonds. The van der Waals surface area contributed by atoms with Gasteiger partial charge in [0.15, 0.2) is 0 Å². The molecule has 2 aromatic carbocycles. The third kappa shape index (κ3) is 5.37. The van der Waals surface area contributed by atoms with E-state index in [0.29, 0.717) is 22.4 Å². The van der Waals surface area contributed by atoms with Gasteiger partial charge in [-0.25, -0.2) is 0 Å². The number of para-hydroxylation sites is 1. The summed E-state index contributed by atoms with van der Waals surface area (Å²) in [6.07, 6.45) is 1.72. The van der Waals surface area contributed by atoms with Crippen molar-refractivity contribution in [1.29, 1.82) is 0 Å². The molecule has 1 heterocycles. The number of hydrogen-bond acceptors (Lipinski definition) is 3. The quantitative estimate of drug-likeness (QED) is 0.772. The highest BCUT2D eigenvalue weighted by atomic mass is 35.5. The van der Waals surface area contributed by atoms with Crippen LogP contribution in [0.4, 0.5) is 5.69 Å². The minimum absolute atomic E-state index is 0.0646. The number of carbonyl (C=O) groups is 1. The van der Waals surface area contributed by atoms with Gasteiger partial charge in [-0.15, -0.1) is 0 Å². The summed E-state index contributed by atoms with van der Waals surface area (Å²) in [5.41, 5.74) is 0.853. The molecule has 0 atom stereocenters. The van der Waals surface area contributed by atoms with Crippen LogP contribution in [0.5, 0.6) is 5.75 Å². The first kappa shape index (κ1) is 19.0. The van der Waals surface area contributed by atoms with Crippen LogP contribution in [0.2, 0.25) is 10.0 Å². The number of nitrogens with zero attached hydrogens (tertiary/aromatic N) is 1. The van der Waals surface area contributed by atoms with Gasteiger partial charge in [0.25, 0.3) is 0 Å². The van der Waals surface area contributed by atoms with Crippen molar-refractivity contribution in [3.05, 3.63) is 58.6 Å². The van der Waals surface area contributed by atoms with Crippen LogP contribution in [0.15, 0.2) is 48.5 Å². The molecule has 1 fully saturated rings. The van der Waals surface area contributed by atoms with Crippen LogP contribution in [0.1, 0.15) is 12.8 Å². The summed E-state index contributed by atoms with van der Waals surface area (Å²) in [5, 5.41) is 4.16. The molecule has 0 radical (unpaired) electrons. The average molecular weight is 393 g/mol. The number of likely N-dealkylation sites (tertiary alicyclic amines) is 1. The van der Waals surface area contributed by atoms with Gasteiger partial charge in [0.2, 0.25) is 5.91 Å². The van der Waals surface area contributed by atoms with Gasteiger partial charge in [-0.2, -0.15) is 0 Å². The van der Waals surface area contributed by atoms with E-state index in [1.165, 1.54) is 0 Å². The second-order valence-corrected chi connectivity index (χ2v) is 7.24. The van der Waals surface area contributed by atoms with Crippen molar-refractivity contribution in [3.8, 4) is 5.75 Å². The Morgan fingerprint density at radius 2 is 1.85 bits per heavy atom. The second kappa shape index (κ2) is 9.26. The summed E-state index contributed by atoms with van der Waals surface area (Å²) < 4.78 is 5.74. The average Bonchev–Trinajstić information content (AvgIpc) is 2.66. The largest absolute Gasteiger partial charge is 0.491 e. The molecule has 0 bridgehead atoms. The molecule has 1 aliphatic heterocycles. The Morgan fingerprint density at radius 1 is 1.12 bits per heavy atom. The normalized spacial score (nSPS) is 15.6. The van der Waals surface area contributed by atoms with Gasteiger partial charge < -0.3 is 10.1 Å². The lowest BCUT2D eigenvalue weighted by molar-refractivity contribution is -0.121. The van der Waals surface area contributed by atoms with Crippen LogP contribution in [-0.2, 0) is 4.79 Å². The van der Waals surface area contributed by atoms with E-state index in [0.717, 1.165) is 38.2 Å². The van der Waals surface area contributed by atoms with E-state index in [1.807, 2.05) is 30.3 Å². The van der Waals surface area contributed by atoms with Crippen molar-refractivity contribution in [2.24, 2.45) is 5.92 Å². The number of nitrogens with one attached hydrogen (secondary N) is 1. The van der Waals surface area contributed by atoms with E-state index in [9.17, 15) is 4.79 Å². The van der Waals surface area contributed by atoms with Gasteiger partial charge in [0.1, 0.15) is 12.4 Å². The van der Waals surface area contributed by atoms with Gasteiger partial charge in [-0.1, -0.05) is 41.4 Å². The van der Waals surface area contributed by atoms with E-state index in [-0.39, 0.29) is 11.8 Å². The number of benzene rings is 2. The first-order valence-corrected chi connectivity index (χ1v) is 9.53. The van der Waals surface area contributed by atoms with E-state index >= 15 is 0 Å². The first-order chi connectivity index (χ1) is 12.6. The Bertz CT molecular complexity index is 732. The fourth-order valence-electron chi connectivity index (χ4n) is 3.06. The Labute approximate surface area is 164 Å². The molecule has 2 aromatic rings. The van der Waals surface area contributed by atoms with Crippen LogP contribution < -0.4 is 10.1 Å². The predicted octanol–water partition coefficient (Wildman–Crippen LogP) is 4.72. The fraction of sp³-hybridized carbons (Fsp3) is 0.350. The van der Waals surface area contributed by atoms with Gasteiger partial charge in [-0.3, -0.25) is 9.69 Å². The lowest BCUT2D eigenvalue weighted by atomic mass is 9.96. The third-order valence-electron chi connectivity index (χ3n) is 4.56. The molecule has 0 saturated carbocycles. The summed E-state index contributed by atoms with van der Waals surface area (Å²) >= 11 is 12.1. The molecule has 4 nitrogen and oxygen atoms in total. The molecule has 0 unspecified atom stereocenters. The number of ether oxygens (including phenoxy) is 1. The standard InChI is InChI=1S/C20H22Cl2N2O2/c21-16-6-7-18(22)19(14-16)26-13-12-24-10-8-15(9-11-24)20(25)23-17-4-2-1-3-5-17/h1-7,14-15H,8-13H2,(H,23,25). The van der Waals surface area contributed by atoms with E-state index in [4.69, 9.17) is 27.9 Å². The number of piperidine rings is 1. The van der Waals surface area contributed by atoms with Crippen molar-refractivity contribution in [3.63, 3.8) is 0 Å². The SMILES string of the molecule is O=C(Nc1ccccc1)C1CCN(CCOc2cc(Cl)ccc2Cl)CC1. The maximum atomic E-state index is 12.4. The Kier molecular flexibility index (Phi) is 6.78. The number of carbonyl (C=O) groups excluding carboxylic acids is 1. The highest BCUT2D eigenvalue weighted by molar-refractivity contribution is 6.34. The van der Waals surface area contributed by atoms with E-state index in [2.05, 4.69) is 10.2 Å². The molecule has 1 saturated heterocycles. The van der Waals surface area contributed by atoms with Crippen molar-refractivity contribution in [1.82, 2.24) is 4.90 Å². The van der Waals surface area contributed by atoms with Crippen LogP contribution in [0, 0.1) is 5.92 Å². The van der Waals surface area contributed by atoms with Crippen LogP contribution in [-0.4, -0.2) is 37.0 Å². The summed E-state index contributed by atoms with van der Waals surface area (Å²) in [4.78, 5) is 14.7. The van der Waals surface area contributed by atoms with Crippen molar-refractivity contribution >= 4 is 34.8 Å². The van der Waals surface area contributed by atoms with Crippen molar-refractivity contribution in [2.75, 3.05) is 31.6 Å². The number of halogens is 2. The van der Waals surface area contributed by atoms with E-state index in [1.54, 1.807) is 18.2 Å². The molecule has 0 aromatic heterocycles. The smallest absolute Gasteiger partial charge is 0.227 e. The summed E-state index contributed by atoms with van der Waals surface area (Å²) in [7, 11) is 0. The third-order valence-corrected chi connectivity index (χ3v) is 5.11. The topological polar surface area (TPSA) is 41.6 Å². The highest BCUT2D eigenvalue weighted by Gasteiger charge is 2.24. The summed E-state index contributed by atoms with van der Waals surface area (Å²) in [6, 6.07) is 14.8. The lowest BCUT2D eigenvalue weighted by Gasteiger charge is -2.31. The molecule has 1 aliphatic rings. The van der Waals surface area contributed by atoms with Crippen LogP contribution >= 0.6 is 23.2 Å². The van der Waals surface area contributed by atoms with Gasteiger partial charge in [0.05, 0.1) is 5.02 Å². The molecule has 26 heavy (non-hydrogen) atoms. The van der Waals surface area contributed by atoms with Gasteiger partial charge in [-0.05, 0) is 50.2 Å². The molecule has 6 heteroatoms. The van der Waals surface area contributed by atoms with E-state index < -0.39 is 0 Å². The summed E-state index contributed by atoms with van der Waals surface area (Å²) in [5.74, 6) is 0.781. The predicted molar refractivity (Wildman–Crippen MR) is 106 cm³/mol. The zero-order valence-electron chi connectivity index (χ0n) is 14.5. The first-order valence-electron chi connectivity index (χ1n) is 8.78. The van der Waals surface area contributed by atoms with Gasteiger partial charge >= 0.3 is 0 Å². The number of hydrogen-bond donors (Lipinski definition) is 1. The van der Waals surface area contributed by atoms with Crippen LogP contribution in [0.25, 0.3) is 0 Å². The molecular formula is C20H22Cl2N2O2. The minimum Gasteiger partial charge on any atom is -0.491 e. The fourth-order valence-corrected chi connectivity index (χ4v) is 3.39. The summed E-state index contributed by atoms with van der Waals surface area (Å²) in [6.45, 7) is 3.12. The monoisotopic (exact) mass is 392 g/mol. The highest BCUT2D eigenvalue weighted by Crippen LogP contribution is 2.27. The number of amides is 1. The maximum Gasteiger partial charge on any atom is 0.227 e. The number of anilines is 1. The molecule has 3 rings (SSSR count).